The van der Waals surface area contributed by atoms with Gasteiger partial charge in [-0.05, 0) is 36.8 Å². The number of carbonyl (C=O) groups is 1. The van der Waals surface area contributed by atoms with Crippen LogP contribution >= 0.6 is 11.3 Å². The van der Waals surface area contributed by atoms with Gasteiger partial charge < -0.3 is 10.2 Å². The first-order chi connectivity index (χ1) is 10.2. The molecule has 0 bridgehead atoms. The lowest BCUT2D eigenvalue weighted by molar-refractivity contribution is 0.193. The first kappa shape index (κ1) is 14.1. The van der Waals surface area contributed by atoms with E-state index in [0.29, 0.717) is 6.54 Å². The molecule has 3 rings (SSSR count). The van der Waals surface area contributed by atoms with E-state index in [4.69, 9.17) is 0 Å². The molecule has 0 aliphatic carbocycles. The molecule has 2 aromatic rings. The molecule has 1 aliphatic heterocycles. The summed E-state index contributed by atoms with van der Waals surface area (Å²) >= 11 is 1.74. The Balaban J connectivity index is 1.61. The van der Waals surface area contributed by atoms with Gasteiger partial charge in [0.2, 0.25) is 0 Å². The molecule has 1 fully saturated rings. The van der Waals surface area contributed by atoms with E-state index in [1.54, 1.807) is 11.3 Å². The molecule has 1 aromatic carbocycles. The highest BCUT2D eigenvalue weighted by molar-refractivity contribution is 7.10. The fourth-order valence-electron chi connectivity index (χ4n) is 2.77. The molecule has 3 nitrogen and oxygen atoms in total. The molecule has 1 N–H and O–H groups in total. The van der Waals surface area contributed by atoms with Crippen LogP contribution in [-0.2, 0) is 6.54 Å². The number of aryl methyl sites for hydroxylation is 1. The topological polar surface area (TPSA) is 32.3 Å². The average molecular weight is 300 g/mol. The molecule has 0 radical (unpaired) electrons. The van der Waals surface area contributed by atoms with Crippen LogP contribution in [-0.4, -0.2) is 17.5 Å². The monoisotopic (exact) mass is 300 g/mol. The van der Waals surface area contributed by atoms with Crippen LogP contribution in [0.4, 0.5) is 4.79 Å². The summed E-state index contributed by atoms with van der Waals surface area (Å²) in [5.41, 5.74) is 2.38. The Labute approximate surface area is 129 Å². The van der Waals surface area contributed by atoms with E-state index in [1.165, 1.54) is 10.4 Å². The Morgan fingerprint density at radius 2 is 2.14 bits per heavy atom. The zero-order chi connectivity index (χ0) is 14.7. The minimum Gasteiger partial charge on any atom is -0.334 e. The Morgan fingerprint density at radius 1 is 1.33 bits per heavy atom. The maximum atomic E-state index is 12.4. The summed E-state index contributed by atoms with van der Waals surface area (Å²) in [4.78, 5) is 15.7. The third-order valence-corrected chi connectivity index (χ3v) is 4.92. The number of nitrogens with one attached hydrogen (secondary N) is 1. The summed E-state index contributed by atoms with van der Waals surface area (Å²) in [6, 6.07) is 12.8. The Kier molecular flexibility index (Phi) is 4.25. The Morgan fingerprint density at radius 3 is 2.86 bits per heavy atom. The predicted octanol–water partition coefficient (Wildman–Crippen LogP) is 4.10. The highest BCUT2D eigenvalue weighted by Crippen LogP contribution is 2.34. The van der Waals surface area contributed by atoms with E-state index >= 15 is 0 Å². The number of thiophene rings is 1. The van der Waals surface area contributed by atoms with Crippen LogP contribution in [0.25, 0.3) is 0 Å². The summed E-state index contributed by atoms with van der Waals surface area (Å²) < 4.78 is 0. The lowest BCUT2D eigenvalue weighted by Gasteiger charge is -2.24. The van der Waals surface area contributed by atoms with Gasteiger partial charge in [0, 0.05) is 18.0 Å². The first-order valence-corrected chi connectivity index (χ1v) is 8.25. The van der Waals surface area contributed by atoms with Crippen LogP contribution < -0.4 is 5.32 Å². The lowest BCUT2D eigenvalue weighted by Crippen LogP contribution is -2.38. The number of hydrogen-bond acceptors (Lipinski definition) is 2. The molecule has 2 amide bonds. The molecular weight excluding hydrogens is 280 g/mol. The van der Waals surface area contributed by atoms with E-state index < -0.39 is 0 Å². The third-order valence-electron chi connectivity index (χ3n) is 3.95. The fourth-order valence-corrected chi connectivity index (χ4v) is 3.65. The highest BCUT2D eigenvalue weighted by atomic mass is 32.1. The Hall–Kier alpha value is -1.81. The van der Waals surface area contributed by atoms with E-state index in [-0.39, 0.29) is 12.1 Å². The Bertz CT molecular complexity index is 592. The van der Waals surface area contributed by atoms with E-state index in [1.807, 2.05) is 4.90 Å². The minimum atomic E-state index is 0.0477. The van der Waals surface area contributed by atoms with Gasteiger partial charge in [0.05, 0.1) is 6.04 Å². The predicted molar refractivity (Wildman–Crippen MR) is 86.4 cm³/mol. The van der Waals surface area contributed by atoms with Crippen molar-refractivity contribution in [2.24, 2.45) is 0 Å². The summed E-state index contributed by atoms with van der Waals surface area (Å²) in [6.45, 7) is 3.51. The fraction of sp³-hybridized carbons (Fsp3) is 0.353. The molecule has 1 aromatic heterocycles. The summed E-state index contributed by atoms with van der Waals surface area (Å²) in [5, 5.41) is 5.12. The quantitative estimate of drug-likeness (QED) is 0.909. The van der Waals surface area contributed by atoms with Crippen LogP contribution in [0.2, 0.25) is 0 Å². The molecule has 4 heteroatoms. The number of benzene rings is 1. The summed E-state index contributed by atoms with van der Waals surface area (Å²) in [5.74, 6) is 0. The van der Waals surface area contributed by atoms with Crippen LogP contribution in [0.3, 0.4) is 0 Å². The zero-order valence-corrected chi connectivity index (χ0v) is 13.0. The van der Waals surface area contributed by atoms with Crippen molar-refractivity contribution in [3.05, 3.63) is 57.8 Å². The minimum absolute atomic E-state index is 0.0477. The summed E-state index contributed by atoms with van der Waals surface area (Å²) in [7, 11) is 0. The molecule has 1 aliphatic rings. The van der Waals surface area contributed by atoms with Gasteiger partial charge in [0.1, 0.15) is 0 Å². The molecule has 1 atom stereocenters. The highest BCUT2D eigenvalue weighted by Gasteiger charge is 2.30. The number of rotatable bonds is 3. The summed E-state index contributed by atoms with van der Waals surface area (Å²) in [6.07, 6.45) is 2.15. The zero-order valence-electron chi connectivity index (χ0n) is 12.2. The number of hydrogen-bond donors (Lipinski definition) is 1. The third kappa shape index (κ3) is 3.27. The maximum Gasteiger partial charge on any atom is 0.318 e. The van der Waals surface area contributed by atoms with Crippen molar-refractivity contribution in [1.29, 1.82) is 0 Å². The molecule has 2 heterocycles. The smallest absolute Gasteiger partial charge is 0.318 e. The van der Waals surface area contributed by atoms with Crippen molar-refractivity contribution in [2.75, 3.05) is 6.54 Å². The van der Waals surface area contributed by atoms with Crippen molar-refractivity contribution in [3.63, 3.8) is 0 Å². The van der Waals surface area contributed by atoms with Crippen molar-refractivity contribution in [2.45, 2.75) is 32.4 Å². The van der Waals surface area contributed by atoms with Gasteiger partial charge >= 0.3 is 6.03 Å². The number of amides is 2. The number of nitrogens with zero attached hydrogens (tertiary/aromatic N) is 1. The van der Waals surface area contributed by atoms with Gasteiger partial charge in [0.15, 0.2) is 0 Å². The van der Waals surface area contributed by atoms with E-state index in [2.05, 4.69) is 54.0 Å². The largest absolute Gasteiger partial charge is 0.334 e. The molecule has 21 heavy (non-hydrogen) atoms. The second-order valence-corrected chi connectivity index (χ2v) is 6.49. The molecule has 1 saturated heterocycles. The van der Waals surface area contributed by atoms with Gasteiger partial charge in [-0.2, -0.15) is 0 Å². The molecular formula is C17H20N2OS. The van der Waals surface area contributed by atoms with E-state index in [0.717, 1.165) is 24.9 Å². The second kappa shape index (κ2) is 6.31. The van der Waals surface area contributed by atoms with Crippen molar-refractivity contribution < 1.29 is 4.79 Å². The van der Waals surface area contributed by atoms with Crippen molar-refractivity contribution >= 4 is 17.4 Å². The lowest BCUT2D eigenvalue weighted by atomic mass is 10.1. The molecule has 0 unspecified atom stereocenters. The average Bonchev–Trinajstić information content (AvgIpc) is 3.16. The van der Waals surface area contributed by atoms with E-state index in [9.17, 15) is 4.79 Å². The van der Waals surface area contributed by atoms with Crippen molar-refractivity contribution in [1.82, 2.24) is 10.2 Å². The van der Waals surface area contributed by atoms with Gasteiger partial charge in [-0.15, -0.1) is 11.3 Å². The van der Waals surface area contributed by atoms with Crippen molar-refractivity contribution in [3.8, 4) is 0 Å². The van der Waals surface area contributed by atoms with Crippen LogP contribution in [0.1, 0.15) is 34.9 Å². The maximum absolute atomic E-state index is 12.4. The molecule has 110 valence electrons. The van der Waals surface area contributed by atoms with Gasteiger partial charge in [-0.1, -0.05) is 35.9 Å². The second-order valence-electron chi connectivity index (χ2n) is 5.51. The van der Waals surface area contributed by atoms with Crippen LogP contribution in [0, 0.1) is 6.92 Å². The van der Waals surface area contributed by atoms with Gasteiger partial charge in [0.25, 0.3) is 0 Å². The molecule has 0 saturated carbocycles. The van der Waals surface area contributed by atoms with Gasteiger partial charge in [-0.3, -0.25) is 0 Å². The SMILES string of the molecule is Cc1ccc(CNC(=O)N2CCC[C@@H]2c2cccs2)cc1. The number of carbonyl (C=O) groups excluding carboxylic acids is 1. The number of likely N-dealkylation sites (tertiary alicyclic amines) is 1. The number of urea groups is 1. The first-order valence-electron chi connectivity index (χ1n) is 7.37. The van der Waals surface area contributed by atoms with Crippen LogP contribution in [0.15, 0.2) is 41.8 Å². The normalized spacial score (nSPS) is 18.0. The standard InChI is InChI=1S/C17H20N2OS/c1-13-6-8-14(9-7-13)12-18-17(20)19-10-2-4-15(19)16-5-3-11-21-16/h3,5-9,11,15H,2,4,10,12H2,1H3,(H,18,20)/t15-/m1/s1. The van der Waals surface area contributed by atoms with Gasteiger partial charge in [-0.25, -0.2) is 4.79 Å². The van der Waals surface area contributed by atoms with Crippen LogP contribution in [0.5, 0.6) is 0 Å². The molecule has 0 spiro atoms.